The number of ether oxygens (including phenoxy) is 2. The highest BCUT2D eigenvalue weighted by Crippen LogP contribution is 2.29. The van der Waals surface area contributed by atoms with Gasteiger partial charge in [-0.25, -0.2) is 9.59 Å². The normalized spacial score (nSPS) is 14.2. The molecule has 0 unspecified atom stereocenters. The lowest BCUT2D eigenvalue weighted by molar-refractivity contribution is -0.116. The van der Waals surface area contributed by atoms with Crippen molar-refractivity contribution in [1.82, 2.24) is 0 Å². The lowest BCUT2D eigenvalue weighted by Gasteiger charge is -2.12. The summed E-state index contributed by atoms with van der Waals surface area (Å²) in [5.74, 6) is -0.670. The fourth-order valence-corrected chi connectivity index (χ4v) is 3.03. The molecular formula is C18H23NO5. The molecule has 24 heavy (non-hydrogen) atoms. The number of carbonyl (C=O) groups is 3. The summed E-state index contributed by atoms with van der Waals surface area (Å²) in [6.07, 6.45) is 6.07. The average Bonchev–Trinajstić information content (AvgIpc) is 3.12. The van der Waals surface area contributed by atoms with E-state index in [1.807, 2.05) is 0 Å². The maximum atomic E-state index is 12.2. The van der Waals surface area contributed by atoms with Crippen molar-refractivity contribution in [2.24, 2.45) is 5.92 Å². The molecule has 0 radical (unpaired) electrons. The molecule has 1 aliphatic carbocycles. The predicted octanol–water partition coefficient (Wildman–Crippen LogP) is 3.17. The second kappa shape index (κ2) is 8.47. The van der Waals surface area contributed by atoms with Crippen molar-refractivity contribution in [3.05, 3.63) is 29.3 Å². The van der Waals surface area contributed by atoms with Gasteiger partial charge in [-0.1, -0.05) is 25.7 Å². The predicted molar refractivity (Wildman–Crippen MR) is 88.9 cm³/mol. The summed E-state index contributed by atoms with van der Waals surface area (Å²) >= 11 is 0. The van der Waals surface area contributed by atoms with E-state index in [9.17, 15) is 14.4 Å². The maximum Gasteiger partial charge on any atom is 0.339 e. The molecule has 1 saturated carbocycles. The van der Waals surface area contributed by atoms with Gasteiger partial charge in [0.1, 0.15) is 0 Å². The minimum absolute atomic E-state index is 0.172. The zero-order chi connectivity index (χ0) is 17.5. The maximum absolute atomic E-state index is 12.2. The van der Waals surface area contributed by atoms with E-state index in [-0.39, 0.29) is 22.7 Å². The Morgan fingerprint density at radius 1 is 1.08 bits per heavy atom. The van der Waals surface area contributed by atoms with Gasteiger partial charge >= 0.3 is 11.9 Å². The van der Waals surface area contributed by atoms with Crippen LogP contribution in [0.3, 0.4) is 0 Å². The number of rotatable bonds is 6. The largest absolute Gasteiger partial charge is 0.465 e. The van der Waals surface area contributed by atoms with Gasteiger partial charge in [-0.3, -0.25) is 4.79 Å². The number of anilines is 1. The highest BCUT2D eigenvalue weighted by atomic mass is 16.5. The molecule has 0 atom stereocenters. The molecule has 1 N–H and O–H groups in total. The van der Waals surface area contributed by atoms with Crippen LogP contribution in [0.1, 0.15) is 59.2 Å². The van der Waals surface area contributed by atoms with E-state index >= 15 is 0 Å². The zero-order valence-corrected chi connectivity index (χ0v) is 14.1. The third-order valence-electron chi connectivity index (χ3n) is 4.37. The van der Waals surface area contributed by atoms with Crippen LogP contribution >= 0.6 is 0 Å². The number of esters is 2. The molecule has 0 spiro atoms. The summed E-state index contributed by atoms with van der Waals surface area (Å²) in [4.78, 5) is 35.7. The van der Waals surface area contributed by atoms with Crippen LogP contribution in [0.4, 0.5) is 5.69 Å². The van der Waals surface area contributed by atoms with E-state index in [4.69, 9.17) is 4.74 Å². The minimum atomic E-state index is -0.572. The molecule has 1 amide bonds. The van der Waals surface area contributed by atoms with Crippen molar-refractivity contribution in [1.29, 1.82) is 0 Å². The van der Waals surface area contributed by atoms with E-state index < -0.39 is 11.9 Å². The van der Waals surface area contributed by atoms with Gasteiger partial charge in [-0.15, -0.1) is 0 Å². The second-order valence-electron chi connectivity index (χ2n) is 5.98. The van der Waals surface area contributed by atoms with Crippen LogP contribution in [-0.4, -0.2) is 32.1 Å². The van der Waals surface area contributed by atoms with Crippen LogP contribution in [0.5, 0.6) is 0 Å². The third-order valence-corrected chi connectivity index (χ3v) is 4.37. The number of hydrogen-bond donors (Lipinski definition) is 1. The smallest absolute Gasteiger partial charge is 0.339 e. The van der Waals surface area contributed by atoms with Crippen LogP contribution in [0.25, 0.3) is 0 Å². The molecule has 130 valence electrons. The summed E-state index contributed by atoms with van der Waals surface area (Å²) in [7, 11) is 2.54. The fourth-order valence-electron chi connectivity index (χ4n) is 3.03. The van der Waals surface area contributed by atoms with E-state index in [1.165, 1.54) is 58.1 Å². The second-order valence-corrected chi connectivity index (χ2v) is 5.98. The van der Waals surface area contributed by atoms with Crippen LogP contribution in [0, 0.1) is 5.92 Å². The Kier molecular flexibility index (Phi) is 6.35. The highest BCUT2D eigenvalue weighted by Gasteiger charge is 2.19. The van der Waals surface area contributed by atoms with Crippen LogP contribution in [-0.2, 0) is 14.3 Å². The molecule has 6 nitrogen and oxygen atoms in total. The monoisotopic (exact) mass is 333 g/mol. The first-order chi connectivity index (χ1) is 11.5. The molecule has 0 bridgehead atoms. The van der Waals surface area contributed by atoms with Crippen molar-refractivity contribution in [2.75, 3.05) is 19.5 Å². The third kappa shape index (κ3) is 4.57. The van der Waals surface area contributed by atoms with Crippen molar-refractivity contribution in [3.63, 3.8) is 0 Å². The van der Waals surface area contributed by atoms with Gasteiger partial charge in [0.15, 0.2) is 0 Å². The highest BCUT2D eigenvalue weighted by molar-refractivity contribution is 6.03. The summed E-state index contributed by atoms with van der Waals surface area (Å²) in [5, 5.41) is 2.72. The molecule has 0 aromatic heterocycles. The fraction of sp³-hybridized carbons (Fsp3) is 0.500. The molecule has 0 aliphatic heterocycles. The number of hydrogen-bond acceptors (Lipinski definition) is 5. The van der Waals surface area contributed by atoms with Gasteiger partial charge in [-0.05, 0) is 30.5 Å². The number of benzene rings is 1. The van der Waals surface area contributed by atoms with Crippen LogP contribution in [0.15, 0.2) is 18.2 Å². The standard InChI is InChI=1S/C18H23NO5/c1-23-17(21)13-8-9-14(18(22)24-2)15(11-13)19-16(20)10-7-12-5-3-4-6-12/h8-9,11-12H,3-7,10H2,1-2H3,(H,19,20). The first-order valence-electron chi connectivity index (χ1n) is 8.15. The van der Waals surface area contributed by atoms with Crippen LogP contribution < -0.4 is 5.32 Å². The Labute approximate surface area is 141 Å². The molecule has 2 rings (SSSR count). The Morgan fingerprint density at radius 3 is 2.38 bits per heavy atom. The Hall–Kier alpha value is -2.37. The van der Waals surface area contributed by atoms with Crippen molar-refractivity contribution in [3.8, 4) is 0 Å². The van der Waals surface area contributed by atoms with E-state index in [0.29, 0.717) is 12.3 Å². The first kappa shape index (κ1) is 18.0. The summed E-state index contributed by atoms with van der Waals surface area (Å²) in [6.45, 7) is 0. The number of amides is 1. The van der Waals surface area contributed by atoms with E-state index in [0.717, 1.165) is 6.42 Å². The lowest BCUT2D eigenvalue weighted by Crippen LogP contribution is -2.17. The number of carbonyl (C=O) groups excluding carboxylic acids is 3. The Balaban J connectivity index is 2.10. The minimum Gasteiger partial charge on any atom is -0.465 e. The van der Waals surface area contributed by atoms with Crippen molar-refractivity contribution < 1.29 is 23.9 Å². The Morgan fingerprint density at radius 2 is 1.75 bits per heavy atom. The topological polar surface area (TPSA) is 81.7 Å². The Bertz CT molecular complexity index is 620. The van der Waals surface area contributed by atoms with Gasteiger partial charge in [0.25, 0.3) is 0 Å². The molecule has 0 heterocycles. The van der Waals surface area contributed by atoms with Crippen molar-refractivity contribution >= 4 is 23.5 Å². The SMILES string of the molecule is COC(=O)c1ccc(C(=O)OC)c(NC(=O)CCC2CCCC2)c1. The lowest BCUT2D eigenvalue weighted by atomic mass is 10.0. The van der Waals surface area contributed by atoms with Gasteiger partial charge in [-0.2, -0.15) is 0 Å². The van der Waals surface area contributed by atoms with E-state index in [2.05, 4.69) is 10.1 Å². The first-order valence-corrected chi connectivity index (χ1v) is 8.15. The van der Waals surface area contributed by atoms with Crippen LogP contribution in [0.2, 0.25) is 0 Å². The number of methoxy groups -OCH3 is 2. The molecular weight excluding hydrogens is 310 g/mol. The van der Waals surface area contributed by atoms with Crippen molar-refractivity contribution in [2.45, 2.75) is 38.5 Å². The van der Waals surface area contributed by atoms with Gasteiger partial charge in [0.2, 0.25) is 5.91 Å². The quantitative estimate of drug-likeness (QED) is 0.809. The number of nitrogens with one attached hydrogen (secondary N) is 1. The molecule has 6 heteroatoms. The molecule has 1 aliphatic rings. The molecule has 1 aromatic rings. The zero-order valence-electron chi connectivity index (χ0n) is 14.1. The molecule has 1 aromatic carbocycles. The average molecular weight is 333 g/mol. The molecule has 1 fully saturated rings. The summed E-state index contributed by atoms with van der Waals surface area (Å²) in [6, 6.07) is 4.35. The van der Waals surface area contributed by atoms with Gasteiger partial charge in [0.05, 0.1) is 31.0 Å². The van der Waals surface area contributed by atoms with Gasteiger partial charge in [0, 0.05) is 6.42 Å². The molecule has 0 saturated heterocycles. The van der Waals surface area contributed by atoms with E-state index in [1.54, 1.807) is 0 Å². The van der Waals surface area contributed by atoms with Gasteiger partial charge < -0.3 is 14.8 Å². The summed E-state index contributed by atoms with van der Waals surface area (Å²) in [5.41, 5.74) is 0.733. The summed E-state index contributed by atoms with van der Waals surface area (Å²) < 4.78 is 9.39.